The van der Waals surface area contributed by atoms with Crippen molar-refractivity contribution in [1.82, 2.24) is 4.90 Å². The fourth-order valence-corrected chi connectivity index (χ4v) is 3.85. The molecule has 22 heavy (non-hydrogen) atoms. The number of amides is 2. The normalized spacial score (nSPS) is 23.7. The maximum absolute atomic E-state index is 13.2. The monoisotopic (exact) mass is 304 g/mol. The van der Waals surface area contributed by atoms with Gasteiger partial charge in [-0.05, 0) is 37.0 Å². The van der Waals surface area contributed by atoms with E-state index >= 15 is 0 Å². The lowest BCUT2D eigenvalue weighted by Gasteiger charge is -2.33. The fraction of sp³-hybridized carbons (Fsp3) is 0.529. The van der Waals surface area contributed by atoms with Crippen molar-refractivity contribution in [2.45, 2.75) is 37.5 Å². The second kappa shape index (κ2) is 5.71. The van der Waals surface area contributed by atoms with Crippen LogP contribution in [0.1, 0.15) is 37.7 Å². The number of primary amides is 1. The highest BCUT2D eigenvalue weighted by atomic mass is 19.1. The van der Waals surface area contributed by atoms with Gasteiger partial charge in [0.15, 0.2) is 0 Å². The Morgan fingerprint density at radius 3 is 2.36 bits per heavy atom. The molecule has 4 nitrogen and oxygen atoms in total. The van der Waals surface area contributed by atoms with E-state index in [9.17, 15) is 14.0 Å². The van der Waals surface area contributed by atoms with Crippen molar-refractivity contribution in [1.29, 1.82) is 0 Å². The van der Waals surface area contributed by atoms with E-state index in [-0.39, 0.29) is 23.5 Å². The third-order valence-electron chi connectivity index (χ3n) is 5.14. The minimum atomic E-state index is -0.555. The van der Waals surface area contributed by atoms with E-state index in [1.807, 2.05) is 0 Å². The average Bonchev–Trinajstić information content (AvgIpc) is 3.17. The molecule has 2 aliphatic rings. The lowest BCUT2D eigenvalue weighted by molar-refractivity contribution is -0.136. The van der Waals surface area contributed by atoms with Gasteiger partial charge in [0.1, 0.15) is 5.82 Å². The third-order valence-corrected chi connectivity index (χ3v) is 5.14. The Kier molecular flexibility index (Phi) is 3.89. The van der Waals surface area contributed by atoms with Crippen LogP contribution in [0.5, 0.6) is 0 Å². The summed E-state index contributed by atoms with van der Waals surface area (Å²) >= 11 is 0. The predicted molar refractivity (Wildman–Crippen MR) is 80.4 cm³/mol. The van der Waals surface area contributed by atoms with Crippen molar-refractivity contribution in [2.24, 2.45) is 11.7 Å². The van der Waals surface area contributed by atoms with Crippen LogP contribution in [0, 0.1) is 11.7 Å². The van der Waals surface area contributed by atoms with Crippen LogP contribution in [0.25, 0.3) is 0 Å². The van der Waals surface area contributed by atoms with Crippen molar-refractivity contribution in [2.75, 3.05) is 13.1 Å². The molecular weight excluding hydrogens is 283 g/mol. The van der Waals surface area contributed by atoms with Crippen molar-refractivity contribution in [3.05, 3.63) is 35.6 Å². The molecule has 0 aromatic heterocycles. The number of halogens is 1. The molecule has 1 aliphatic carbocycles. The number of hydrogen-bond donors (Lipinski definition) is 1. The predicted octanol–water partition coefficient (Wildman–Crippen LogP) is 1.97. The Hall–Kier alpha value is -1.91. The van der Waals surface area contributed by atoms with Crippen LogP contribution in [0.2, 0.25) is 0 Å². The van der Waals surface area contributed by atoms with Crippen LogP contribution >= 0.6 is 0 Å². The van der Waals surface area contributed by atoms with E-state index in [1.165, 1.54) is 12.1 Å². The highest BCUT2D eigenvalue weighted by molar-refractivity contribution is 5.89. The van der Waals surface area contributed by atoms with Gasteiger partial charge in [-0.1, -0.05) is 25.0 Å². The molecule has 1 aromatic carbocycles. The first-order valence-corrected chi connectivity index (χ1v) is 7.88. The summed E-state index contributed by atoms with van der Waals surface area (Å²) in [5.41, 5.74) is 5.69. The first kappa shape index (κ1) is 15.0. The van der Waals surface area contributed by atoms with E-state index in [1.54, 1.807) is 17.0 Å². The Labute approximate surface area is 129 Å². The summed E-state index contributed by atoms with van der Waals surface area (Å²) in [6, 6.07) is 6.28. The number of nitrogens with zero attached hydrogens (tertiary/aromatic N) is 1. The molecule has 2 N–H and O–H groups in total. The lowest BCUT2D eigenvalue weighted by Crippen LogP contribution is -2.45. The summed E-state index contributed by atoms with van der Waals surface area (Å²) in [5.74, 6) is -0.798. The Balaban J connectivity index is 1.86. The zero-order chi connectivity index (χ0) is 15.7. The Morgan fingerprint density at radius 2 is 1.82 bits per heavy atom. The Bertz CT molecular complexity index is 579. The van der Waals surface area contributed by atoms with Gasteiger partial charge in [0, 0.05) is 13.1 Å². The van der Waals surface area contributed by atoms with Crippen LogP contribution in [0.4, 0.5) is 4.39 Å². The number of carbonyl (C=O) groups is 2. The van der Waals surface area contributed by atoms with E-state index in [0.717, 1.165) is 31.2 Å². The summed E-state index contributed by atoms with van der Waals surface area (Å²) in [7, 11) is 0. The zero-order valence-electron chi connectivity index (χ0n) is 12.6. The second-order valence-corrected chi connectivity index (χ2v) is 6.44. The third kappa shape index (κ3) is 2.49. The molecule has 1 heterocycles. The molecule has 2 amide bonds. The molecule has 1 saturated carbocycles. The quantitative estimate of drug-likeness (QED) is 0.928. The molecule has 3 rings (SSSR count). The van der Waals surface area contributed by atoms with Crippen molar-refractivity contribution in [3.63, 3.8) is 0 Å². The van der Waals surface area contributed by atoms with Crippen LogP contribution in [0.3, 0.4) is 0 Å². The molecular formula is C17H21FN2O2. The molecule has 1 aromatic rings. The highest BCUT2D eigenvalue weighted by Gasteiger charge is 2.46. The molecule has 0 spiro atoms. The van der Waals surface area contributed by atoms with E-state index < -0.39 is 5.41 Å². The van der Waals surface area contributed by atoms with Gasteiger partial charge < -0.3 is 10.6 Å². The summed E-state index contributed by atoms with van der Waals surface area (Å²) in [4.78, 5) is 26.2. The van der Waals surface area contributed by atoms with Crippen LogP contribution < -0.4 is 5.73 Å². The van der Waals surface area contributed by atoms with Crippen LogP contribution in [0.15, 0.2) is 24.3 Å². The molecule has 5 heteroatoms. The molecule has 1 saturated heterocycles. The number of benzene rings is 1. The summed E-state index contributed by atoms with van der Waals surface area (Å²) in [6.07, 6.45) is 4.21. The van der Waals surface area contributed by atoms with Crippen molar-refractivity contribution in [3.8, 4) is 0 Å². The minimum absolute atomic E-state index is 0.0698. The maximum atomic E-state index is 13.2. The molecule has 0 radical (unpaired) electrons. The highest BCUT2D eigenvalue weighted by Crippen LogP contribution is 2.43. The summed E-state index contributed by atoms with van der Waals surface area (Å²) < 4.78 is 13.2. The second-order valence-electron chi connectivity index (χ2n) is 6.44. The van der Waals surface area contributed by atoms with Gasteiger partial charge in [0.2, 0.25) is 11.8 Å². The SMILES string of the molecule is NC(=O)[C@@H]1CCN(C(=O)C2(c3ccc(F)cc3)CCCC2)C1. The average molecular weight is 304 g/mol. The molecule has 0 bridgehead atoms. The number of likely N-dealkylation sites (tertiary alicyclic amines) is 1. The fourth-order valence-electron chi connectivity index (χ4n) is 3.85. The number of nitrogens with two attached hydrogens (primary N) is 1. The zero-order valence-corrected chi connectivity index (χ0v) is 12.6. The molecule has 1 aliphatic heterocycles. The van der Waals surface area contributed by atoms with E-state index in [4.69, 9.17) is 5.73 Å². The number of carbonyl (C=O) groups excluding carboxylic acids is 2. The molecule has 118 valence electrons. The van der Waals surface area contributed by atoms with Gasteiger partial charge >= 0.3 is 0 Å². The van der Waals surface area contributed by atoms with Crippen LogP contribution in [-0.2, 0) is 15.0 Å². The van der Waals surface area contributed by atoms with Gasteiger partial charge in [-0.3, -0.25) is 9.59 Å². The summed E-state index contributed by atoms with van der Waals surface area (Å²) in [5, 5.41) is 0. The minimum Gasteiger partial charge on any atom is -0.369 e. The van der Waals surface area contributed by atoms with Gasteiger partial charge in [0.25, 0.3) is 0 Å². The first-order valence-electron chi connectivity index (χ1n) is 7.88. The van der Waals surface area contributed by atoms with Crippen molar-refractivity contribution < 1.29 is 14.0 Å². The first-order chi connectivity index (χ1) is 10.5. The standard InChI is InChI=1S/C17H21FN2O2/c18-14-5-3-13(4-6-14)17(8-1-2-9-17)16(22)20-10-7-12(11-20)15(19)21/h3-6,12H,1-2,7-11H2,(H2,19,21)/t12-/m1/s1. The topological polar surface area (TPSA) is 63.4 Å². The lowest BCUT2D eigenvalue weighted by atomic mass is 9.77. The number of rotatable bonds is 3. The van der Waals surface area contributed by atoms with Crippen molar-refractivity contribution >= 4 is 11.8 Å². The van der Waals surface area contributed by atoms with Gasteiger partial charge in [-0.25, -0.2) is 4.39 Å². The molecule has 1 atom stereocenters. The van der Waals surface area contributed by atoms with E-state index in [2.05, 4.69) is 0 Å². The maximum Gasteiger partial charge on any atom is 0.233 e. The largest absolute Gasteiger partial charge is 0.369 e. The van der Waals surface area contributed by atoms with Crippen LogP contribution in [-0.4, -0.2) is 29.8 Å². The Morgan fingerprint density at radius 1 is 1.18 bits per heavy atom. The summed E-state index contributed by atoms with van der Waals surface area (Å²) in [6.45, 7) is 0.993. The smallest absolute Gasteiger partial charge is 0.233 e. The van der Waals surface area contributed by atoms with E-state index in [0.29, 0.717) is 19.5 Å². The molecule has 2 fully saturated rings. The van der Waals surface area contributed by atoms with Gasteiger partial charge in [0.05, 0.1) is 11.3 Å². The van der Waals surface area contributed by atoms with Gasteiger partial charge in [-0.15, -0.1) is 0 Å². The van der Waals surface area contributed by atoms with Gasteiger partial charge in [-0.2, -0.15) is 0 Å². The molecule has 0 unspecified atom stereocenters. The number of hydrogen-bond acceptors (Lipinski definition) is 2.